The van der Waals surface area contributed by atoms with Gasteiger partial charge in [-0.05, 0) is 12.1 Å². The van der Waals surface area contributed by atoms with Gasteiger partial charge in [-0.25, -0.2) is 9.78 Å². The van der Waals surface area contributed by atoms with Crippen LogP contribution in [0.2, 0.25) is 0 Å². The van der Waals surface area contributed by atoms with E-state index in [0.717, 1.165) is 5.69 Å². The third kappa shape index (κ3) is 4.45. The molecule has 9 nitrogen and oxygen atoms in total. The second kappa shape index (κ2) is 8.98. The third-order valence-corrected chi connectivity index (χ3v) is 5.36. The van der Waals surface area contributed by atoms with Gasteiger partial charge in [-0.1, -0.05) is 18.2 Å². The first-order valence-electron chi connectivity index (χ1n) is 10.1. The summed E-state index contributed by atoms with van der Waals surface area (Å²) in [5.74, 6) is 0.440. The van der Waals surface area contributed by atoms with Gasteiger partial charge in [0.25, 0.3) is 0 Å². The lowest BCUT2D eigenvalue weighted by atomic mass is 10.1. The van der Waals surface area contributed by atoms with Crippen molar-refractivity contribution in [3.63, 3.8) is 0 Å². The van der Waals surface area contributed by atoms with Crippen molar-refractivity contribution in [2.45, 2.75) is 18.9 Å². The molecule has 0 unspecified atom stereocenters. The number of para-hydroxylation sites is 1. The zero-order chi connectivity index (χ0) is 20.9. The maximum atomic E-state index is 12.7. The first-order valence-corrected chi connectivity index (χ1v) is 10.1. The molecule has 0 atom stereocenters. The Morgan fingerprint density at radius 1 is 1.10 bits per heavy atom. The van der Waals surface area contributed by atoms with E-state index in [1.165, 1.54) is 7.11 Å². The first kappa shape index (κ1) is 19.9. The second-order valence-corrected chi connectivity index (χ2v) is 7.27. The Morgan fingerprint density at radius 3 is 2.60 bits per heavy atom. The smallest absolute Gasteiger partial charge is 0.325 e. The standard InChI is InChI=1S/C21H25N5O4/c1-29-20-22-10-7-18(23-20)30-17-8-11-24(12-9-17)19(27)15-25-13-14-26(21(25)28)16-5-3-2-4-6-16/h2-7,10,17H,8-9,11-15H2,1H3. The van der Waals surface area contributed by atoms with Gasteiger partial charge in [0, 0.05) is 57.0 Å². The molecule has 2 saturated heterocycles. The summed E-state index contributed by atoms with van der Waals surface area (Å²) >= 11 is 0. The lowest BCUT2D eigenvalue weighted by Crippen LogP contribution is -2.47. The Hall–Kier alpha value is -3.36. The maximum absolute atomic E-state index is 12.7. The molecule has 3 amide bonds. The summed E-state index contributed by atoms with van der Waals surface area (Å²) in [6.45, 7) is 2.44. The summed E-state index contributed by atoms with van der Waals surface area (Å²) in [6, 6.07) is 11.4. The van der Waals surface area contributed by atoms with E-state index in [2.05, 4.69) is 9.97 Å². The lowest BCUT2D eigenvalue weighted by Gasteiger charge is -2.32. The number of nitrogens with zero attached hydrogens (tertiary/aromatic N) is 5. The molecule has 1 aromatic carbocycles. The Labute approximate surface area is 175 Å². The van der Waals surface area contributed by atoms with Crippen molar-refractivity contribution in [3.05, 3.63) is 42.6 Å². The highest BCUT2D eigenvalue weighted by Gasteiger charge is 2.33. The number of carbonyl (C=O) groups is 2. The van der Waals surface area contributed by atoms with E-state index in [4.69, 9.17) is 9.47 Å². The molecule has 4 rings (SSSR count). The number of aromatic nitrogens is 2. The van der Waals surface area contributed by atoms with Crippen molar-refractivity contribution >= 4 is 17.6 Å². The van der Waals surface area contributed by atoms with E-state index in [1.54, 1.807) is 27.0 Å². The van der Waals surface area contributed by atoms with Crippen LogP contribution >= 0.6 is 0 Å². The Balaban J connectivity index is 1.26. The van der Waals surface area contributed by atoms with E-state index >= 15 is 0 Å². The largest absolute Gasteiger partial charge is 0.474 e. The second-order valence-electron chi connectivity index (χ2n) is 7.27. The fourth-order valence-electron chi connectivity index (χ4n) is 3.72. The van der Waals surface area contributed by atoms with Gasteiger partial charge in [-0.3, -0.25) is 9.69 Å². The van der Waals surface area contributed by atoms with Crippen LogP contribution in [0.25, 0.3) is 0 Å². The fraction of sp³-hybridized carbons (Fsp3) is 0.429. The molecule has 2 fully saturated rings. The molecular weight excluding hydrogens is 386 g/mol. The van der Waals surface area contributed by atoms with Gasteiger partial charge in [0.15, 0.2) is 0 Å². The topological polar surface area (TPSA) is 88.1 Å². The van der Waals surface area contributed by atoms with E-state index in [-0.39, 0.29) is 30.6 Å². The summed E-state index contributed by atoms with van der Waals surface area (Å²) in [5.41, 5.74) is 0.858. The molecular formula is C21H25N5O4. The summed E-state index contributed by atoms with van der Waals surface area (Å²) < 4.78 is 10.9. The van der Waals surface area contributed by atoms with Gasteiger partial charge in [0.2, 0.25) is 11.8 Å². The number of benzene rings is 1. The molecule has 0 N–H and O–H groups in total. The molecule has 2 aliphatic rings. The van der Waals surface area contributed by atoms with Crippen LogP contribution in [0.5, 0.6) is 11.9 Å². The van der Waals surface area contributed by atoms with Gasteiger partial charge in [0.05, 0.1) is 7.11 Å². The maximum Gasteiger partial charge on any atom is 0.325 e. The van der Waals surface area contributed by atoms with Gasteiger partial charge < -0.3 is 19.3 Å². The number of piperidine rings is 1. The zero-order valence-electron chi connectivity index (χ0n) is 16.9. The van der Waals surface area contributed by atoms with Crippen LogP contribution in [0, 0.1) is 0 Å². The number of anilines is 1. The van der Waals surface area contributed by atoms with E-state index in [0.29, 0.717) is 44.9 Å². The summed E-state index contributed by atoms with van der Waals surface area (Å²) in [5, 5.41) is 0. The quantitative estimate of drug-likeness (QED) is 0.720. The van der Waals surface area contributed by atoms with Crippen molar-refractivity contribution < 1.29 is 19.1 Å². The van der Waals surface area contributed by atoms with Crippen LogP contribution in [0.1, 0.15) is 12.8 Å². The highest BCUT2D eigenvalue weighted by Crippen LogP contribution is 2.21. The number of ether oxygens (including phenoxy) is 2. The van der Waals surface area contributed by atoms with Gasteiger partial charge in [-0.15, -0.1) is 0 Å². The van der Waals surface area contributed by atoms with Crippen LogP contribution in [0.4, 0.5) is 10.5 Å². The molecule has 0 radical (unpaired) electrons. The SMILES string of the molecule is COc1nccc(OC2CCN(C(=O)CN3CCN(c4ccccc4)C3=O)CC2)n1. The molecule has 2 aromatic rings. The molecule has 158 valence electrons. The van der Waals surface area contributed by atoms with Crippen LogP contribution in [-0.2, 0) is 4.79 Å². The predicted octanol–water partition coefficient (Wildman–Crippen LogP) is 1.80. The summed E-state index contributed by atoms with van der Waals surface area (Å²) in [7, 11) is 1.51. The number of hydrogen-bond acceptors (Lipinski definition) is 6. The monoisotopic (exact) mass is 411 g/mol. The number of rotatable bonds is 6. The number of likely N-dealkylation sites (tertiary alicyclic amines) is 1. The zero-order valence-corrected chi connectivity index (χ0v) is 16.9. The van der Waals surface area contributed by atoms with Crippen molar-refractivity contribution in [2.75, 3.05) is 44.7 Å². The minimum Gasteiger partial charge on any atom is -0.474 e. The van der Waals surface area contributed by atoms with Gasteiger partial charge in [-0.2, -0.15) is 4.98 Å². The number of carbonyl (C=O) groups excluding carboxylic acids is 2. The molecule has 0 spiro atoms. The highest BCUT2D eigenvalue weighted by molar-refractivity contribution is 5.96. The normalized spacial score (nSPS) is 17.4. The van der Waals surface area contributed by atoms with Crippen LogP contribution in [-0.4, -0.2) is 77.6 Å². The first-order chi connectivity index (χ1) is 14.6. The van der Waals surface area contributed by atoms with Gasteiger partial charge in [0.1, 0.15) is 12.6 Å². The number of urea groups is 1. The van der Waals surface area contributed by atoms with Crippen LogP contribution in [0.15, 0.2) is 42.6 Å². The molecule has 0 aliphatic carbocycles. The number of methoxy groups -OCH3 is 1. The van der Waals surface area contributed by atoms with Crippen LogP contribution in [0.3, 0.4) is 0 Å². The highest BCUT2D eigenvalue weighted by atomic mass is 16.5. The van der Waals surface area contributed by atoms with E-state index < -0.39 is 0 Å². The fourth-order valence-corrected chi connectivity index (χ4v) is 3.72. The summed E-state index contributed by atoms with van der Waals surface area (Å²) in [4.78, 5) is 38.7. The van der Waals surface area contributed by atoms with Crippen molar-refractivity contribution in [1.29, 1.82) is 0 Å². The molecule has 0 saturated carbocycles. The number of hydrogen-bond donors (Lipinski definition) is 0. The van der Waals surface area contributed by atoms with Crippen molar-refractivity contribution in [3.8, 4) is 11.9 Å². The molecule has 0 bridgehead atoms. The number of amides is 3. The Bertz CT molecular complexity index is 886. The van der Waals surface area contributed by atoms with Gasteiger partial charge >= 0.3 is 12.0 Å². The van der Waals surface area contributed by atoms with Crippen molar-refractivity contribution in [2.24, 2.45) is 0 Å². The average Bonchev–Trinajstić information content (AvgIpc) is 3.15. The minimum absolute atomic E-state index is 0.0179. The Morgan fingerprint density at radius 2 is 1.87 bits per heavy atom. The third-order valence-electron chi connectivity index (χ3n) is 5.36. The molecule has 2 aliphatic heterocycles. The van der Waals surface area contributed by atoms with E-state index in [9.17, 15) is 9.59 Å². The predicted molar refractivity (Wildman–Crippen MR) is 110 cm³/mol. The lowest BCUT2D eigenvalue weighted by molar-refractivity contribution is -0.133. The minimum atomic E-state index is -0.120. The molecule has 3 heterocycles. The average molecular weight is 411 g/mol. The molecule has 1 aromatic heterocycles. The molecule has 9 heteroatoms. The van der Waals surface area contributed by atoms with E-state index in [1.807, 2.05) is 30.3 Å². The van der Waals surface area contributed by atoms with Crippen LogP contribution < -0.4 is 14.4 Å². The summed E-state index contributed by atoms with van der Waals surface area (Å²) in [6.07, 6.45) is 2.99. The Kier molecular flexibility index (Phi) is 5.97. The molecule has 30 heavy (non-hydrogen) atoms. The van der Waals surface area contributed by atoms with Crippen molar-refractivity contribution in [1.82, 2.24) is 19.8 Å².